The Balaban J connectivity index is 3.27. The summed E-state index contributed by atoms with van der Waals surface area (Å²) in [5, 5.41) is 0.840. The number of rotatable bonds is 3. The number of aryl methyl sites for hydroxylation is 1. The second kappa shape index (κ2) is 4.86. The molecule has 3 heteroatoms. The molecule has 1 aromatic rings. The largest absolute Gasteiger partial charge is 0.496 e. The lowest BCUT2D eigenvalue weighted by molar-refractivity contribution is 0.370. The van der Waals surface area contributed by atoms with Crippen molar-refractivity contribution in [3.05, 3.63) is 27.8 Å². The maximum Gasteiger partial charge on any atom is 0.123 e. The van der Waals surface area contributed by atoms with E-state index in [9.17, 15) is 0 Å². The van der Waals surface area contributed by atoms with Gasteiger partial charge in [-0.3, -0.25) is 0 Å². The average Bonchev–Trinajstić information content (AvgIpc) is 2.18. The molecule has 0 unspecified atom stereocenters. The fraction of sp³-hybridized carbons (Fsp3) is 0.500. The molecule has 0 saturated carbocycles. The van der Waals surface area contributed by atoms with E-state index < -0.39 is 0 Å². The maximum atomic E-state index is 6.22. The molecule has 0 saturated heterocycles. The summed E-state index contributed by atoms with van der Waals surface area (Å²) < 4.78 is 5.38. The Kier molecular flexibility index (Phi) is 4.00. The van der Waals surface area contributed by atoms with Crippen LogP contribution in [-0.4, -0.2) is 26.1 Å². The molecule has 2 nitrogen and oxygen atoms in total. The number of nitrogens with zero attached hydrogens (tertiary/aromatic N) is 1. The second-order valence-corrected chi connectivity index (χ2v) is 4.43. The van der Waals surface area contributed by atoms with Crippen LogP contribution in [0, 0.1) is 13.8 Å². The van der Waals surface area contributed by atoms with E-state index in [0.717, 1.165) is 34.0 Å². The van der Waals surface area contributed by atoms with Crippen LogP contribution < -0.4 is 4.74 Å². The van der Waals surface area contributed by atoms with Gasteiger partial charge in [-0.05, 0) is 45.1 Å². The van der Waals surface area contributed by atoms with Gasteiger partial charge in [-0.2, -0.15) is 0 Å². The molecule has 84 valence electrons. The van der Waals surface area contributed by atoms with Crippen molar-refractivity contribution < 1.29 is 4.74 Å². The minimum atomic E-state index is 0.840. The van der Waals surface area contributed by atoms with Crippen molar-refractivity contribution in [2.45, 2.75) is 20.4 Å². The first-order valence-corrected chi connectivity index (χ1v) is 5.32. The lowest BCUT2D eigenvalue weighted by Crippen LogP contribution is -2.13. The van der Waals surface area contributed by atoms with Crippen molar-refractivity contribution in [3.63, 3.8) is 0 Å². The van der Waals surface area contributed by atoms with E-state index in [-0.39, 0.29) is 0 Å². The second-order valence-electron chi connectivity index (χ2n) is 4.05. The highest BCUT2D eigenvalue weighted by Gasteiger charge is 2.12. The van der Waals surface area contributed by atoms with Crippen molar-refractivity contribution >= 4 is 11.6 Å². The zero-order valence-corrected chi connectivity index (χ0v) is 10.8. The van der Waals surface area contributed by atoms with E-state index in [4.69, 9.17) is 16.3 Å². The van der Waals surface area contributed by atoms with E-state index in [1.807, 2.05) is 34.0 Å². The maximum absolute atomic E-state index is 6.22. The summed E-state index contributed by atoms with van der Waals surface area (Å²) in [7, 11) is 5.76. The van der Waals surface area contributed by atoms with E-state index in [1.54, 1.807) is 7.11 Å². The molecule has 0 aliphatic heterocycles. The Hall–Kier alpha value is -0.730. The standard InChI is InChI=1S/C12H18ClNO/c1-8-6-11(15-5)10(7-14(3)4)9(2)12(8)13/h6H,7H2,1-5H3. The van der Waals surface area contributed by atoms with Gasteiger partial charge >= 0.3 is 0 Å². The Labute approximate surface area is 96.8 Å². The van der Waals surface area contributed by atoms with Crippen molar-refractivity contribution in [1.29, 1.82) is 0 Å². The molecule has 0 aromatic heterocycles. The first-order valence-electron chi connectivity index (χ1n) is 4.94. The highest BCUT2D eigenvalue weighted by atomic mass is 35.5. The van der Waals surface area contributed by atoms with Crippen molar-refractivity contribution in [3.8, 4) is 5.75 Å². The molecule has 1 rings (SSSR count). The smallest absolute Gasteiger partial charge is 0.123 e. The fourth-order valence-corrected chi connectivity index (χ4v) is 1.82. The zero-order chi connectivity index (χ0) is 11.6. The van der Waals surface area contributed by atoms with Crippen molar-refractivity contribution in [2.75, 3.05) is 21.2 Å². The normalized spacial score (nSPS) is 10.9. The molecule has 0 spiro atoms. The van der Waals surface area contributed by atoms with Crippen LogP contribution in [0.25, 0.3) is 0 Å². The van der Waals surface area contributed by atoms with Crippen LogP contribution in [0.3, 0.4) is 0 Å². The van der Waals surface area contributed by atoms with Gasteiger partial charge in [0.05, 0.1) is 7.11 Å². The number of halogens is 1. The lowest BCUT2D eigenvalue weighted by Gasteiger charge is -2.18. The van der Waals surface area contributed by atoms with Crippen molar-refractivity contribution in [2.24, 2.45) is 0 Å². The van der Waals surface area contributed by atoms with E-state index in [0.29, 0.717) is 0 Å². The van der Waals surface area contributed by atoms with Gasteiger partial charge in [0.15, 0.2) is 0 Å². The first-order chi connectivity index (χ1) is 6.97. The number of benzene rings is 1. The number of methoxy groups -OCH3 is 1. The van der Waals surface area contributed by atoms with E-state index in [2.05, 4.69) is 4.90 Å². The molecule has 0 amide bonds. The topological polar surface area (TPSA) is 12.5 Å². The van der Waals surface area contributed by atoms with Crippen LogP contribution in [0.5, 0.6) is 5.75 Å². The van der Waals surface area contributed by atoms with Gasteiger partial charge in [0.1, 0.15) is 5.75 Å². The van der Waals surface area contributed by atoms with Crippen molar-refractivity contribution in [1.82, 2.24) is 4.90 Å². The average molecular weight is 228 g/mol. The summed E-state index contributed by atoms with van der Waals surface area (Å²) in [6, 6.07) is 1.99. The van der Waals surface area contributed by atoms with Crippen LogP contribution in [0.2, 0.25) is 5.02 Å². The number of ether oxygens (including phenoxy) is 1. The van der Waals surface area contributed by atoms with Crippen LogP contribution >= 0.6 is 11.6 Å². The molecular formula is C12H18ClNO. The molecule has 0 aliphatic carbocycles. The Morgan fingerprint density at radius 3 is 2.40 bits per heavy atom. The van der Waals surface area contributed by atoms with Gasteiger partial charge in [-0.1, -0.05) is 11.6 Å². The van der Waals surface area contributed by atoms with Gasteiger partial charge < -0.3 is 9.64 Å². The minimum Gasteiger partial charge on any atom is -0.496 e. The monoisotopic (exact) mass is 227 g/mol. The highest BCUT2D eigenvalue weighted by molar-refractivity contribution is 6.32. The van der Waals surface area contributed by atoms with Crippen LogP contribution in [0.4, 0.5) is 0 Å². The van der Waals surface area contributed by atoms with Crippen LogP contribution in [0.15, 0.2) is 6.07 Å². The molecule has 0 atom stereocenters. The molecule has 0 bridgehead atoms. The minimum absolute atomic E-state index is 0.840. The lowest BCUT2D eigenvalue weighted by atomic mass is 10.0. The summed E-state index contributed by atoms with van der Waals surface area (Å²) in [6.45, 7) is 4.88. The van der Waals surface area contributed by atoms with Crippen LogP contribution in [0.1, 0.15) is 16.7 Å². The third-order valence-corrected chi connectivity index (χ3v) is 3.05. The SMILES string of the molecule is COc1cc(C)c(Cl)c(C)c1CN(C)C. The van der Waals surface area contributed by atoms with Crippen LogP contribution in [-0.2, 0) is 6.54 Å². The molecule has 15 heavy (non-hydrogen) atoms. The molecule has 0 aliphatic rings. The highest BCUT2D eigenvalue weighted by Crippen LogP contribution is 2.31. The molecule has 0 radical (unpaired) electrons. The molecule has 0 N–H and O–H groups in total. The van der Waals surface area contributed by atoms with Gasteiger partial charge in [-0.15, -0.1) is 0 Å². The fourth-order valence-electron chi connectivity index (χ4n) is 1.66. The van der Waals surface area contributed by atoms with Gasteiger partial charge in [0, 0.05) is 17.1 Å². The summed E-state index contributed by atoms with van der Waals surface area (Å²) in [6.07, 6.45) is 0. The summed E-state index contributed by atoms with van der Waals surface area (Å²) >= 11 is 6.22. The summed E-state index contributed by atoms with van der Waals surface area (Å²) in [5.41, 5.74) is 3.34. The number of hydrogen-bond donors (Lipinski definition) is 0. The van der Waals surface area contributed by atoms with Gasteiger partial charge in [0.2, 0.25) is 0 Å². The summed E-state index contributed by atoms with van der Waals surface area (Å²) in [5.74, 6) is 0.920. The first kappa shape index (κ1) is 12.3. The summed E-state index contributed by atoms with van der Waals surface area (Å²) in [4.78, 5) is 2.11. The quantitative estimate of drug-likeness (QED) is 0.787. The third kappa shape index (κ3) is 2.64. The zero-order valence-electron chi connectivity index (χ0n) is 10.0. The predicted molar refractivity (Wildman–Crippen MR) is 64.9 cm³/mol. The van der Waals surface area contributed by atoms with Gasteiger partial charge in [-0.25, -0.2) is 0 Å². The number of hydrogen-bond acceptors (Lipinski definition) is 2. The molecule has 0 fully saturated rings. The Morgan fingerprint density at radius 1 is 1.33 bits per heavy atom. The Bertz CT molecular complexity index is 361. The predicted octanol–water partition coefficient (Wildman–Crippen LogP) is 3.03. The van der Waals surface area contributed by atoms with Gasteiger partial charge in [0.25, 0.3) is 0 Å². The van der Waals surface area contributed by atoms with E-state index >= 15 is 0 Å². The molecule has 0 heterocycles. The molecular weight excluding hydrogens is 210 g/mol. The third-order valence-electron chi connectivity index (χ3n) is 2.47. The Morgan fingerprint density at radius 2 is 1.93 bits per heavy atom. The van der Waals surface area contributed by atoms with E-state index in [1.165, 1.54) is 0 Å². The molecule has 1 aromatic carbocycles.